The first-order valence-electron chi connectivity index (χ1n) is 9.86. The summed E-state index contributed by atoms with van der Waals surface area (Å²) in [5.74, 6) is -2.76. The van der Waals surface area contributed by atoms with Crippen molar-refractivity contribution in [1.82, 2.24) is 19.7 Å². The number of nitrogens with zero attached hydrogens (tertiary/aromatic N) is 4. The molecule has 1 unspecified atom stereocenters. The van der Waals surface area contributed by atoms with Crippen LogP contribution >= 0.6 is 11.6 Å². The second kappa shape index (κ2) is 9.43. The molecule has 0 saturated heterocycles. The highest BCUT2D eigenvalue weighted by atomic mass is 35.5. The van der Waals surface area contributed by atoms with Crippen molar-refractivity contribution >= 4 is 28.6 Å². The lowest BCUT2D eigenvalue weighted by molar-refractivity contribution is -0.192. The maximum absolute atomic E-state index is 10.6. The molecule has 0 bridgehead atoms. The van der Waals surface area contributed by atoms with Gasteiger partial charge in [0.25, 0.3) is 0 Å². The van der Waals surface area contributed by atoms with Crippen molar-refractivity contribution in [2.45, 2.75) is 45.2 Å². The molecule has 3 heterocycles. The minimum atomic E-state index is -5.08. The molecule has 11 heteroatoms. The van der Waals surface area contributed by atoms with Crippen molar-refractivity contribution in [1.29, 1.82) is 0 Å². The van der Waals surface area contributed by atoms with Crippen LogP contribution in [0.25, 0.3) is 11.0 Å². The van der Waals surface area contributed by atoms with Crippen molar-refractivity contribution in [2.75, 3.05) is 6.54 Å². The summed E-state index contributed by atoms with van der Waals surface area (Å²) in [4.78, 5) is 15.8. The molecule has 3 N–H and O–H groups in total. The summed E-state index contributed by atoms with van der Waals surface area (Å²) in [5, 5.41) is 13.1. The van der Waals surface area contributed by atoms with Crippen LogP contribution in [0.3, 0.4) is 0 Å². The Balaban J connectivity index is 0.000000360. The number of hydrogen-bond donors (Lipinski definition) is 2. The van der Waals surface area contributed by atoms with Gasteiger partial charge in [0.15, 0.2) is 5.65 Å². The Morgan fingerprint density at radius 2 is 2.00 bits per heavy atom. The van der Waals surface area contributed by atoms with Crippen molar-refractivity contribution in [3.8, 4) is 0 Å². The Morgan fingerprint density at radius 3 is 2.62 bits per heavy atom. The monoisotopic (exact) mass is 469 g/mol. The molecular weight excluding hydrogens is 447 g/mol. The van der Waals surface area contributed by atoms with E-state index in [-0.39, 0.29) is 12.1 Å². The zero-order valence-electron chi connectivity index (χ0n) is 17.5. The highest BCUT2D eigenvalue weighted by molar-refractivity contribution is 6.30. The molecule has 32 heavy (non-hydrogen) atoms. The van der Waals surface area contributed by atoms with Crippen LogP contribution in [0.5, 0.6) is 0 Å². The van der Waals surface area contributed by atoms with E-state index in [1.54, 1.807) is 0 Å². The largest absolute Gasteiger partial charge is 0.490 e. The van der Waals surface area contributed by atoms with E-state index in [1.807, 2.05) is 10.9 Å². The van der Waals surface area contributed by atoms with Crippen LogP contribution in [-0.2, 0) is 17.9 Å². The van der Waals surface area contributed by atoms with E-state index >= 15 is 0 Å². The number of aromatic nitrogens is 3. The average Bonchev–Trinajstić information content (AvgIpc) is 3.11. The van der Waals surface area contributed by atoms with Gasteiger partial charge in [0.1, 0.15) is 5.15 Å². The molecule has 7 nitrogen and oxygen atoms in total. The minimum Gasteiger partial charge on any atom is -0.475 e. The van der Waals surface area contributed by atoms with E-state index in [9.17, 15) is 13.2 Å². The highest BCUT2D eigenvalue weighted by Crippen LogP contribution is 2.28. The second-order valence-corrected chi connectivity index (χ2v) is 8.17. The van der Waals surface area contributed by atoms with Gasteiger partial charge in [-0.15, -0.1) is 0 Å². The molecule has 172 valence electrons. The van der Waals surface area contributed by atoms with Gasteiger partial charge in [-0.1, -0.05) is 35.9 Å². The predicted molar refractivity (Wildman–Crippen MR) is 114 cm³/mol. The highest BCUT2D eigenvalue weighted by Gasteiger charge is 2.38. The molecule has 0 amide bonds. The van der Waals surface area contributed by atoms with Gasteiger partial charge in [-0.25, -0.2) is 14.5 Å². The molecule has 4 rings (SSSR count). The molecule has 3 aromatic rings. The summed E-state index contributed by atoms with van der Waals surface area (Å²) in [7, 11) is 0. The maximum atomic E-state index is 10.6. The van der Waals surface area contributed by atoms with Crippen molar-refractivity contribution in [3.05, 3.63) is 58.4 Å². The van der Waals surface area contributed by atoms with Gasteiger partial charge in [-0.3, -0.25) is 4.90 Å². The smallest absolute Gasteiger partial charge is 0.475 e. The third-order valence-electron chi connectivity index (χ3n) is 5.02. The third-order valence-corrected chi connectivity index (χ3v) is 5.35. The second-order valence-electron chi connectivity index (χ2n) is 7.81. The topological polar surface area (TPSA) is 97.3 Å². The zero-order valence-corrected chi connectivity index (χ0v) is 18.2. The van der Waals surface area contributed by atoms with Crippen molar-refractivity contribution in [3.63, 3.8) is 0 Å². The molecule has 0 aliphatic carbocycles. The minimum absolute atomic E-state index is 0.0316. The first-order valence-corrected chi connectivity index (χ1v) is 10.2. The number of alkyl halides is 3. The molecule has 0 spiro atoms. The first-order chi connectivity index (χ1) is 15.0. The number of rotatable bonds is 3. The maximum Gasteiger partial charge on any atom is 0.490 e. The van der Waals surface area contributed by atoms with Crippen molar-refractivity contribution < 1.29 is 23.1 Å². The average molecular weight is 470 g/mol. The van der Waals surface area contributed by atoms with Gasteiger partial charge in [-0.2, -0.15) is 18.3 Å². The standard InChI is InChI=1S/C19H22ClN5.C2HF3O2/c1-12(2)25-19-14(8-22-25)7-15(18(20)23-19)10-24-9-13-5-3-4-6-16(13)17(21)11-24;3-2(4,5)1(6)7/h3-8,12,17H,9-11,21H2,1-2H3;(H,6,7). The Kier molecular flexibility index (Phi) is 7.06. The number of nitrogens with two attached hydrogens (primary N) is 1. The molecule has 0 fully saturated rings. The molecule has 0 radical (unpaired) electrons. The molecule has 1 aliphatic rings. The number of benzene rings is 1. The number of aliphatic carboxylic acids is 1. The first kappa shape index (κ1) is 24.0. The van der Waals surface area contributed by atoms with E-state index in [0.29, 0.717) is 5.15 Å². The number of carbonyl (C=O) groups is 1. The van der Waals surface area contributed by atoms with E-state index < -0.39 is 12.1 Å². The van der Waals surface area contributed by atoms with E-state index in [2.05, 4.69) is 59.2 Å². The van der Waals surface area contributed by atoms with Crippen LogP contribution < -0.4 is 5.73 Å². The van der Waals surface area contributed by atoms with Crippen LogP contribution in [0.15, 0.2) is 36.5 Å². The van der Waals surface area contributed by atoms with Gasteiger partial charge in [0, 0.05) is 42.7 Å². The summed E-state index contributed by atoms with van der Waals surface area (Å²) < 4.78 is 33.6. The fourth-order valence-electron chi connectivity index (χ4n) is 3.57. The van der Waals surface area contributed by atoms with Crippen LogP contribution in [-0.4, -0.2) is 43.5 Å². The SMILES string of the molecule is CC(C)n1ncc2cc(CN3Cc4ccccc4C(N)C3)c(Cl)nc21.O=C(O)C(F)(F)F. The fourth-order valence-corrected chi connectivity index (χ4v) is 3.77. The lowest BCUT2D eigenvalue weighted by Gasteiger charge is -2.33. The van der Waals surface area contributed by atoms with Gasteiger partial charge >= 0.3 is 12.1 Å². The van der Waals surface area contributed by atoms with E-state index in [1.165, 1.54) is 11.1 Å². The predicted octanol–water partition coefficient (Wildman–Crippen LogP) is 4.31. The number of pyridine rings is 1. The Hall–Kier alpha value is -2.69. The van der Waals surface area contributed by atoms with Gasteiger partial charge in [0.05, 0.1) is 6.20 Å². The van der Waals surface area contributed by atoms with E-state index in [4.69, 9.17) is 27.2 Å². The van der Waals surface area contributed by atoms with E-state index in [0.717, 1.165) is 36.2 Å². The number of fused-ring (bicyclic) bond motifs is 2. The zero-order chi connectivity index (χ0) is 23.6. The summed E-state index contributed by atoms with van der Waals surface area (Å²) in [6, 6.07) is 10.8. The van der Waals surface area contributed by atoms with Crippen LogP contribution in [0.4, 0.5) is 13.2 Å². The summed E-state index contributed by atoms with van der Waals surface area (Å²) in [6.07, 6.45) is -3.22. The Bertz CT molecular complexity index is 1120. The lowest BCUT2D eigenvalue weighted by Crippen LogP contribution is -2.36. The van der Waals surface area contributed by atoms with Crippen LogP contribution in [0.1, 0.15) is 42.6 Å². The summed E-state index contributed by atoms with van der Waals surface area (Å²) in [5.41, 5.74) is 10.7. The van der Waals surface area contributed by atoms with Gasteiger partial charge in [0.2, 0.25) is 0 Å². The third kappa shape index (κ3) is 5.37. The quantitative estimate of drug-likeness (QED) is 0.555. The Morgan fingerprint density at radius 1 is 1.34 bits per heavy atom. The van der Waals surface area contributed by atoms with Gasteiger partial charge < -0.3 is 10.8 Å². The number of halogens is 4. The van der Waals surface area contributed by atoms with Crippen LogP contribution in [0.2, 0.25) is 5.15 Å². The lowest BCUT2D eigenvalue weighted by atomic mass is 9.96. The van der Waals surface area contributed by atoms with Crippen molar-refractivity contribution in [2.24, 2.45) is 5.73 Å². The van der Waals surface area contributed by atoms with Gasteiger partial charge in [-0.05, 0) is 31.0 Å². The summed E-state index contributed by atoms with van der Waals surface area (Å²) >= 11 is 6.48. The molecule has 2 aromatic heterocycles. The molecule has 1 aromatic carbocycles. The number of hydrogen-bond acceptors (Lipinski definition) is 5. The Labute approximate surface area is 187 Å². The summed E-state index contributed by atoms with van der Waals surface area (Å²) in [6.45, 7) is 6.60. The molecule has 0 saturated carbocycles. The normalized spacial score (nSPS) is 16.6. The van der Waals surface area contributed by atoms with Crippen LogP contribution in [0, 0.1) is 0 Å². The molecule has 1 atom stereocenters. The number of carboxylic acids is 1. The molecule has 1 aliphatic heterocycles. The fraction of sp³-hybridized carbons (Fsp3) is 0.381. The molecular formula is C21H23ClF3N5O2. The number of carboxylic acid groups (broad SMARTS) is 1.